The average Bonchev–Trinajstić information content (AvgIpc) is 2.69. The van der Waals surface area contributed by atoms with Crippen LogP contribution in [0.2, 0.25) is 0 Å². The van der Waals surface area contributed by atoms with Crippen molar-refractivity contribution in [2.24, 2.45) is 0 Å². The minimum Gasteiger partial charge on any atom is -0.422 e. The van der Waals surface area contributed by atoms with Gasteiger partial charge in [0.25, 0.3) is 0 Å². The maximum atomic E-state index is 12.7. The molecule has 2 heterocycles. The second-order valence-electron chi connectivity index (χ2n) is 7.07. The van der Waals surface area contributed by atoms with Gasteiger partial charge in [0.2, 0.25) is 0 Å². The number of hydrogen-bond donors (Lipinski definition) is 2. The third-order valence-corrected chi connectivity index (χ3v) is 5.21. The van der Waals surface area contributed by atoms with Crippen molar-refractivity contribution in [1.29, 1.82) is 0 Å². The number of quaternary nitrogens is 1. The van der Waals surface area contributed by atoms with Crippen LogP contribution in [-0.2, 0) is 13.1 Å². The Kier molecular flexibility index (Phi) is 5.02. The average molecular weight is 349 g/mol. The van der Waals surface area contributed by atoms with Crippen LogP contribution in [0.3, 0.4) is 0 Å². The van der Waals surface area contributed by atoms with E-state index in [9.17, 15) is 4.79 Å². The van der Waals surface area contributed by atoms with E-state index in [1.165, 1.54) is 29.7 Å². The highest BCUT2D eigenvalue weighted by Gasteiger charge is 2.21. The first-order chi connectivity index (χ1) is 12.8. The summed E-state index contributed by atoms with van der Waals surface area (Å²) in [6.45, 7) is 3.68. The summed E-state index contributed by atoms with van der Waals surface area (Å²) in [6.07, 6.45) is 3.77. The zero-order chi connectivity index (χ0) is 17.8. The summed E-state index contributed by atoms with van der Waals surface area (Å²) in [5.41, 5.74) is 3.33. The summed E-state index contributed by atoms with van der Waals surface area (Å²) in [4.78, 5) is 14.2. The minimum atomic E-state index is -0.211. The summed E-state index contributed by atoms with van der Waals surface area (Å²) in [6, 6.07) is 18.1. The van der Waals surface area contributed by atoms with Crippen LogP contribution >= 0.6 is 0 Å². The van der Waals surface area contributed by atoms with E-state index in [0.29, 0.717) is 12.1 Å². The predicted octanol–water partition coefficient (Wildman–Crippen LogP) is 2.97. The Morgan fingerprint density at radius 2 is 1.65 bits per heavy atom. The Hall–Kier alpha value is -2.59. The Labute approximate surface area is 153 Å². The van der Waals surface area contributed by atoms with E-state index < -0.39 is 0 Å². The summed E-state index contributed by atoms with van der Waals surface area (Å²) >= 11 is 0. The van der Waals surface area contributed by atoms with Crippen LogP contribution < -0.4 is 15.8 Å². The molecular weight excluding hydrogens is 324 g/mol. The van der Waals surface area contributed by atoms with Gasteiger partial charge in [0.05, 0.1) is 18.8 Å². The first-order valence-electron chi connectivity index (χ1n) is 9.47. The molecule has 4 rings (SSSR count). The molecule has 0 aliphatic carbocycles. The Bertz CT molecular complexity index is 928. The third-order valence-electron chi connectivity index (χ3n) is 5.21. The summed E-state index contributed by atoms with van der Waals surface area (Å²) in [7, 11) is 0. The third kappa shape index (κ3) is 3.65. The SMILES string of the molecule is O=c1oc2ccccc2c(NCc2ccccc2)c1C[NH+]1CCCCC1. The van der Waals surface area contributed by atoms with Gasteiger partial charge in [0.1, 0.15) is 17.7 Å². The second kappa shape index (κ2) is 7.75. The van der Waals surface area contributed by atoms with E-state index >= 15 is 0 Å². The fourth-order valence-electron chi connectivity index (χ4n) is 3.82. The predicted molar refractivity (Wildman–Crippen MR) is 105 cm³/mol. The summed E-state index contributed by atoms with van der Waals surface area (Å²) in [5, 5.41) is 4.51. The maximum absolute atomic E-state index is 12.7. The van der Waals surface area contributed by atoms with Crippen molar-refractivity contribution in [2.45, 2.75) is 32.4 Å². The highest BCUT2D eigenvalue weighted by Crippen LogP contribution is 2.25. The number of para-hydroxylation sites is 1. The molecule has 1 aromatic heterocycles. The van der Waals surface area contributed by atoms with Crippen LogP contribution in [0, 0.1) is 0 Å². The van der Waals surface area contributed by atoms with Gasteiger partial charge in [0, 0.05) is 11.9 Å². The first-order valence-corrected chi connectivity index (χ1v) is 9.47. The van der Waals surface area contributed by atoms with Crippen LogP contribution in [0.15, 0.2) is 63.8 Å². The monoisotopic (exact) mass is 349 g/mol. The van der Waals surface area contributed by atoms with Crippen molar-refractivity contribution in [1.82, 2.24) is 0 Å². The number of hydrogen-bond acceptors (Lipinski definition) is 3. The van der Waals surface area contributed by atoms with Gasteiger partial charge < -0.3 is 14.6 Å². The lowest BCUT2D eigenvalue weighted by Gasteiger charge is -2.24. The lowest BCUT2D eigenvalue weighted by molar-refractivity contribution is -0.918. The number of nitrogens with one attached hydrogen (secondary N) is 2. The van der Waals surface area contributed by atoms with Crippen molar-refractivity contribution in [3.63, 3.8) is 0 Å². The lowest BCUT2D eigenvalue weighted by Crippen LogP contribution is -3.11. The van der Waals surface area contributed by atoms with Crippen molar-refractivity contribution in [3.05, 3.63) is 76.1 Å². The fourth-order valence-corrected chi connectivity index (χ4v) is 3.82. The van der Waals surface area contributed by atoms with E-state index in [1.807, 2.05) is 42.5 Å². The highest BCUT2D eigenvalue weighted by atomic mass is 16.4. The van der Waals surface area contributed by atoms with Gasteiger partial charge in [-0.1, -0.05) is 42.5 Å². The molecule has 1 fully saturated rings. The van der Waals surface area contributed by atoms with Crippen LogP contribution in [0.4, 0.5) is 5.69 Å². The molecule has 4 heteroatoms. The maximum Gasteiger partial charge on any atom is 0.347 e. The molecule has 0 bridgehead atoms. The molecular formula is C22H25N2O2+. The molecule has 0 spiro atoms. The Morgan fingerprint density at radius 3 is 2.46 bits per heavy atom. The largest absolute Gasteiger partial charge is 0.422 e. The molecule has 4 nitrogen and oxygen atoms in total. The topological polar surface area (TPSA) is 46.7 Å². The number of anilines is 1. The van der Waals surface area contributed by atoms with Gasteiger partial charge >= 0.3 is 5.63 Å². The zero-order valence-electron chi connectivity index (χ0n) is 15.0. The fraction of sp³-hybridized carbons (Fsp3) is 0.318. The van der Waals surface area contributed by atoms with Gasteiger partial charge in [-0.2, -0.15) is 0 Å². The van der Waals surface area contributed by atoms with E-state index in [4.69, 9.17) is 4.42 Å². The van der Waals surface area contributed by atoms with E-state index in [0.717, 1.165) is 36.3 Å². The molecule has 0 atom stereocenters. The number of benzene rings is 2. The Morgan fingerprint density at radius 1 is 0.923 bits per heavy atom. The standard InChI is InChI=1S/C22H24N2O2/c25-22-19(16-24-13-7-2-8-14-24)21(18-11-5-6-12-20(18)26-22)23-15-17-9-3-1-4-10-17/h1,3-6,9-12,23H,2,7-8,13-16H2/p+1. The molecule has 1 aliphatic rings. The molecule has 2 N–H and O–H groups in total. The smallest absolute Gasteiger partial charge is 0.347 e. The van der Waals surface area contributed by atoms with Gasteiger partial charge in [-0.05, 0) is 37.0 Å². The molecule has 1 aliphatic heterocycles. The van der Waals surface area contributed by atoms with Crippen LogP contribution in [-0.4, -0.2) is 13.1 Å². The summed E-state index contributed by atoms with van der Waals surface area (Å²) < 4.78 is 5.62. The van der Waals surface area contributed by atoms with Gasteiger partial charge in [-0.3, -0.25) is 0 Å². The van der Waals surface area contributed by atoms with Crippen molar-refractivity contribution >= 4 is 16.7 Å². The van der Waals surface area contributed by atoms with Crippen LogP contribution in [0.25, 0.3) is 11.0 Å². The summed E-state index contributed by atoms with van der Waals surface area (Å²) in [5.74, 6) is 0. The second-order valence-corrected chi connectivity index (χ2v) is 7.07. The number of fused-ring (bicyclic) bond motifs is 1. The van der Waals surface area contributed by atoms with Gasteiger partial charge in [-0.25, -0.2) is 4.79 Å². The minimum absolute atomic E-state index is 0.211. The van der Waals surface area contributed by atoms with Crippen molar-refractivity contribution in [2.75, 3.05) is 18.4 Å². The molecule has 0 radical (unpaired) electrons. The lowest BCUT2D eigenvalue weighted by atomic mass is 10.1. The molecule has 1 saturated heterocycles. The number of rotatable bonds is 5. The molecule has 2 aromatic carbocycles. The van der Waals surface area contributed by atoms with Crippen LogP contribution in [0.1, 0.15) is 30.4 Å². The first kappa shape index (κ1) is 16.9. The molecule has 0 amide bonds. The Balaban J connectivity index is 1.71. The van der Waals surface area contributed by atoms with E-state index in [-0.39, 0.29) is 5.63 Å². The zero-order valence-corrected chi connectivity index (χ0v) is 15.0. The van der Waals surface area contributed by atoms with Gasteiger partial charge in [-0.15, -0.1) is 0 Å². The molecule has 0 unspecified atom stereocenters. The molecule has 0 saturated carbocycles. The van der Waals surface area contributed by atoms with Crippen molar-refractivity contribution in [3.8, 4) is 0 Å². The molecule has 26 heavy (non-hydrogen) atoms. The van der Waals surface area contributed by atoms with Gasteiger partial charge in [0.15, 0.2) is 0 Å². The highest BCUT2D eigenvalue weighted by molar-refractivity contribution is 5.91. The van der Waals surface area contributed by atoms with Crippen LogP contribution in [0.5, 0.6) is 0 Å². The molecule has 134 valence electrons. The normalized spacial score (nSPS) is 15.2. The number of likely N-dealkylation sites (tertiary alicyclic amines) is 1. The quantitative estimate of drug-likeness (QED) is 0.696. The van der Waals surface area contributed by atoms with E-state index in [1.54, 1.807) is 0 Å². The molecule has 3 aromatic rings. The van der Waals surface area contributed by atoms with Crippen molar-refractivity contribution < 1.29 is 9.32 Å². The van der Waals surface area contributed by atoms with E-state index in [2.05, 4.69) is 17.4 Å². The number of piperidine rings is 1.